The predicted octanol–water partition coefficient (Wildman–Crippen LogP) is 0.387. The van der Waals surface area contributed by atoms with Gasteiger partial charge in [-0.05, 0) is 13.8 Å². The summed E-state index contributed by atoms with van der Waals surface area (Å²) in [6, 6.07) is 0. The third-order valence-corrected chi connectivity index (χ3v) is 1.51. The molecule has 0 aliphatic carbocycles. The minimum atomic E-state index is 0.154. The monoisotopic (exact) mass is 172 g/mol. The summed E-state index contributed by atoms with van der Waals surface area (Å²) in [5.41, 5.74) is 0.929. The lowest BCUT2D eigenvalue weighted by Crippen LogP contribution is -2.40. The van der Waals surface area contributed by atoms with E-state index < -0.39 is 0 Å². The van der Waals surface area contributed by atoms with Crippen molar-refractivity contribution >= 4 is 5.71 Å². The van der Waals surface area contributed by atoms with Crippen molar-refractivity contribution in [1.29, 1.82) is 0 Å². The molecule has 1 aliphatic rings. The summed E-state index contributed by atoms with van der Waals surface area (Å²) in [5.74, 6) is 0. The second-order valence-corrected chi connectivity index (χ2v) is 3.03. The molecule has 70 valence electrons. The highest BCUT2D eigenvalue weighted by atomic mass is 16.6. The van der Waals surface area contributed by atoms with Gasteiger partial charge < -0.3 is 14.9 Å². The second kappa shape index (κ2) is 5.11. The zero-order valence-electron chi connectivity index (χ0n) is 7.67. The lowest BCUT2D eigenvalue weighted by Gasteiger charge is -2.22. The van der Waals surface area contributed by atoms with Gasteiger partial charge in [0.2, 0.25) is 0 Å². The van der Waals surface area contributed by atoms with E-state index in [1.807, 2.05) is 13.8 Å². The minimum absolute atomic E-state index is 0.154. The zero-order valence-corrected chi connectivity index (χ0v) is 7.67. The van der Waals surface area contributed by atoms with Gasteiger partial charge in [-0.1, -0.05) is 5.16 Å². The van der Waals surface area contributed by atoms with Crippen LogP contribution in [0.2, 0.25) is 0 Å². The van der Waals surface area contributed by atoms with E-state index in [9.17, 15) is 0 Å². The lowest BCUT2D eigenvalue weighted by molar-refractivity contribution is -0.0302. The maximum atomic E-state index is 5.40. The molecule has 1 N–H and O–H groups in total. The summed E-state index contributed by atoms with van der Waals surface area (Å²) >= 11 is 0. The molecule has 0 saturated carbocycles. The Labute approximate surface area is 72.9 Å². The molecular formula is C8H16N2O2. The molecule has 1 saturated heterocycles. The predicted molar refractivity (Wildman–Crippen MR) is 47.3 cm³/mol. The number of hydrogen-bond acceptors (Lipinski definition) is 4. The van der Waals surface area contributed by atoms with E-state index in [4.69, 9.17) is 9.57 Å². The Morgan fingerprint density at radius 1 is 1.67 bits per heavy atom. The van der Waals surface area contributed by atoms with E-state index in [0.29, 0.717) is 6.61 Å². The lowest BCUT2D eigenvalue weighted by atomic mass is 10.3. The Bertz CT molecular complexity index is 149. The number of morpholine rings is 1. The fourth-order valence-electron chi connectivity index (χ4n) is 0.976. The topological polar surface area (TPSA) is 42.8 Å². The summed E-state index contributed by atoms with van der Waals surface area (Å²) in [7, 11) is 0. The molecule has 0 radical (unpaired) electrons. The third-order valence-electron chi connectivity index (χ3n) is 1.51. The van der Waals surface area contributed by atoms with Gasteiger partial charge in [-0.25, -0.2) is 0 Å². The molecule has 0 aromatic heterocycles. The Morgan fingerprint density at radius 2 is 2.50 bits per heavy atom. The number of ether oxygens (including phenoxy) is 1. The fraction of sp³-hybridized carbons (Fsp3) is 0.875. The van der Waals surface area contributed by atoms with Crippen LogP contribution in [-0.4, -0.2) is 38.1 Å². The van der Waals surface area contributed by atoms with Gasteiger partial charge in [-0.15, -0.1) is 0 Å². The van der Waals surface area contributed by atoms with E-state index >= 15 is 0 Å². The molecule has 1 heterocycles. The quantitative estimate of drug-likeness (QED) is 0.494. The van der Waals surface area contributed by atoms with Gasteiger partial charge in [-0.3, -0.25) is 0 Å². The first-order valence-corrected chi connectivity index (χ1v) is 4.24. The average molecular weight is 172 g/mol. The van der Waals surface area contributed by atoms with E-state index in [1.165, 1.54) is 0 Å². The SMILES string of the molecule is CC(C)=NOC[C@H]1CNCCO1. The van der Waals surface area contributed by atoms with E-state index in [2.05, 4.69) is 10.5 Å². The summed E-state index contributed by atoms with van der Waals surface area (Å²) < 4.78 is 5.40. The second-order valence-electron chi connectivity index (χ2n) is 3.03. The first-order chi connectivity index (χ1) is 5.79. The molecule has 4 heteroatoms. The van der Waals surface area contributed by atoms with Gasteiger partial charge in [0.1, 0.15) is 12.7 Å². The van der Waals surface area contributed by atoms with Crippen LogP contribution < -0.4 is 5.32 Å². The maximum absolute atomic E-state index is 5.40. The summed E-state index contributed by atoms with van der Waals surface area (Å²) in [5, 5.41) is 7.05. The van der Waals surface area contributed by atoms with Crippen molar-refractivity contribution in [2.24, 2.45) is 5.16 Å². The van der Waals surface area contributed by atoms with Crippen molar-refractivity contribution < 1.29 is 9.57 Å². The molecule has 0 bridgehead atoms. The number of rotatable bonds is 3. The van der Waals surface area contributed by atoms with Gasteiger partial charge in [-0.2, -0.15) is 0 Å². The minimum Gasteiger partial charge on any atom is -0.393 e. The van der Waals surface area contributed by atoms with Crippen molar-refractivity contribution in [2.75, 3.05) is 26.3 Å². The van der Waals surface area contributed by atoms with E-state index in [1.54, 1.807) is 0 Å². The Morgan fingerprint density at radius 3 is 3.08 bits per heavy atom. The van der Waals surface area contributed by atoms with Gasteiger partial charge in [0.25, 0.3) is 0 Å². The Balaban J connectivity index is 2.09. The highest BCUT2D eigenvalue weighted by molar-refractivity contribution is 5.78. The van der Waals surface area contributed by atoms with Gasteiger partial charge in [0.15, 0.2) is 0 Å². The molecule has 4 nitrogen and oxygen atoms in total. The molecule has 0 amide bonds. The van der Waals surface area contributed by atoms with Crippen molar-refractivity contribution in [3.05, 3.63) is 0 Å². The first kappa shape index (κ1) is 9.48. The summed E-state index contributed by atoms with van der Waals surface area (Å²) in [4.78, 5) is 5.06. The largest absolute Gasteiger partial charge is 0.393 e. The van der Waals surface area contributed by atoms with Crippen molar-refractivity contribution in [3.63, 3.8) is 0 Å². The first-order valence-electron chi connectivity index (χ1n) is 4.24. The van der Waals surface area contributed by atoms with Crippen LogP contribution in [0.1, 0.15) is 13.8 Å². The molecule has 1 fully saturated rings. The molecule has 0 aromatic rings. The van der Waals surface area contributed by atoms with Crippen LogP contribution in [0, 0.1) is 0 Å². The fourth-order valence-corrected chi connectivity index (χ4v) is 0.976. The summed E-state index contributed by atoms with van der Waals surface area (Å²) in [6.07, 6.45) is 0.154. The maximum Gasteiger partial charge on any atom is 0.144 e. The third kappa shape index (κ3) is 3.69. The van der Waals surface area contributed by atoms with Crippen LogP contribution >= 0.6 is 0 Å². The molecule has 0 spiro atoms. The number of oxime groups is 1. The molecule has 1 atom stereocenters. The number of nitrogens with one attached hydrogen (secondary N) is 1. The molecule has 0 aromatic carbocycles. The van der Waals surface area contributed by atoms with Crippen LogP contribution in [-0.2, 0) is 9.57 Å². The highest BCUT2D eigenvalue weighted by Crippen LogP contribution is 1.96. The van der Waals surface area contributed by atoms with Gasteiger partial charge in [0, 0.05) is 13.1 Å². The number of hydrogen-bond donors (Lipinski definition) is 1. The van der Waals surface area contributed by atoms with Crippen LogP contribution in [0.4, 0.5) is 0 Å². The molecular weight excluding hydrogens is 156 g/mol. The normalized spacial score (nSPS) is 23.3. The number of nitrogens with zero attached hydrogens (tertiary/aromatic N) is 1. The zero-order chi connectivity index (χ0) is 8.81. The van der Waals surface area contributed by atoms with Crippen molar-refractivity contribution in [1.82, 2.24) is 5.32 Å². The van der Waals surface area contributed by atoms with E-state index in [0.717, 1.165) is 25.4 Å². The Hall–Kier alpha value is -0.610. The van der Waals surface area contributed by atoms with Crippen LogP contribution in [0.25, 0.3) is 0 Å². The van der Waals surface area contributed by atoms with Crippen LogP contribution in [0.3, 0.4) is 0 Å². The van der Waals surface area contributed by atoms with Gasteiger partial charge >= 0.3 is 0 Å². The molecule has 1 aliphatic heterocycles. The summed E-state index contributed by atoms with van der Waals surface area (Å²) in [6.45, 7) is 6.91. The Kier molecular flexibility index (Phi) is 4.04. The van der Waals surface area contributed by atoms with Gasteiger partial charge in [0.05, 0.1) is 12.3 Å². The van der Waals surface area contributed by atoms with Crippen molar-refractivity contribution in [2.45, 2.75) is 20.0 Å². The average Bonchev–Trinajstić information content (AvgIpc) is 2.05. The molecule has 0 unspecified atom stereocenters. The molecule has 12 heavy (non-hydrogen) atoms. The molecule has 1 rings (SSSR count). The van der Waals surface area contributed by atoms with Crippen LogP contribution in [0.15, 0.2) is 5.16 Å². The standard InChI is InChI=1S/C8H16N2O2/c1-7(2)10-12-6-8-5-9-3-4-11-8/h8-9H,3-6H2,1-2H3/t8-/m1/s1. The van der Waals surface area contributed by atoms with E-state index in [-0.39, 0.29) is 6.10 Å². The smallest absolute Gasteiger partial charge is 0.144 e. The van der Waals surface area contributed by atoms with Crippen molar-refractivity contribution in [3.8, 4) is 0 Å². The van der Waals surface area contributed by atoms with Crippen LogP contribution in [0.5, 0.6) is 0 Å². The highest BCUT2D eigenvalue weighted by Gasteiger charge is 2.13.